The standard InChI is InChI=1S/C24H20O6/c1-28-18-10-8-15(12-20(18)29-2)17-13-21(25)30-19-11-9-16(24(27)22(17)19)23(26)14-6-4-3-5-7-14/h3-12,17,27H,13H2,1-2H3/t17-/m1/s1. The lowest BCUT2D eigenvalue weighted by Crippen LogP contribution is -2.22. The van der Waals surface area contributed by atoms with Crippen LogP contribution >= 0.6 is 0 Å². The van der Waals surface area contributed by atoms with Gasteiger partial charge in [0.25, 0.3) is 0 Å². The zero-order valence-corrected chi connectivity index (χ0v) is 16.5. The average Bonchev–Trinajstić information content (AvgIpc) is 2.78. The summed E-state index contributed by atoms with van der Waals surface area (Å²) in [4.78, 5) is 25.2. The number of hydrogen-bond donors (Lipinski definition) is 1. The molecule has 4 rings (SSSR count). The van der Waals surface area contributed by atoms with Crippen molar-refractivity contribution in [1.29, 1.82) is 0 Å². The van der Waals surface area contributed by atoms with Gasteiger partial charge in [0, 0.05) is 17.0 Å². The molecule has 1 heterocycles. The molecular formula is C24H20O6. The third-order valence-electron chi connectivity index (χ3n) is 5.21. The summed E-state index contributed by atoms with van der Waals surface area (Å²) in [5, 5.41) is 11.0. The first-order valence-electron chi connectivity index (χ1n) is 9.41. The van der Waals surface area contributed by atoms with Crippen molar-refractivity contribution in [2.45, 2.75) is 12.3 Å². The number of rotatable bonds is 5. The lowest BCUT2D eigenvalue weighted by Gasteiger charge is -2.27. The summed E-state index contributed by atoms with van der Waals surface area (Å²) < 4.78 is 16.0. The molecular weight excluding hydrogens is 384 g/mol. The number of ketones is 1. The summed E-state index contributed by atoms with van der Waals surface area (Å²) in [6.07, 6.45) is 0.0268. The van der Waals surface area contributed by atoms with Gasteiger partial charge in [-0.1, -0.05) is 36.4 Å². The van der Waals surface area contributed by atoms with Crippen LogP contribution in [0, 0.1) is 0 Å². The fourth-order valence-electron chi connectivity index (χ4n) is 3.73. The minimum Gasteiger partial charge on any atom is -0.507 e. The summed E-state index contributed by atoms with van der Waals surface area (Å²) in [6, 6.07) is 17.0. The van der Waals surface area contributed by atoms with Gasteiger partial charge in [0.1, 0.15) is 11.5 Å². The number of benzene rings is 3. The molecule has 0 fully saturated rings. The first-order valence-corrected chi connectivity index (χ1v) is 9.41. The number of phenols is 1. The van der Waals surface area contributed by atoms with Crippen molar-refractivity contribution in [1.82, 2.24) is 0 Å². The van der Waals surface area contributed by atoms with Crippen LogP contribution in [-0.2, 0) is 4.79 Å². The smallest absolute Gasteiger partial charge is 0.312 e. The molecule has 1 N–H and O–H groups in total. The Balaban J connectivity index is 1.84. The number of carbonyl (C=O) groups excluding carboxylic acids is 2. The maximum atomic E-state index is 12.9. The van der Waals surface area contributed by atoms with Crippen molar-refractivity contribution >= 4 is 11.8 Å². The summed E-state index contributed by atoms with van der Waals surface area (Å²) in [5.41, 5.74) is 1.76. The zero-order valence-electron chi connectivity index (χ0n) is 16.5. The van der Waals surface area contributed by atoms with Crippen LogP contribution in [0.2, 0.25) is 0 Å². The van der Waals surface area contributed by atoms with Gasteiger partial charge < -0.3 is 19.3 Å². The molecule has 3 aromatic carbocycles. The van der Waals surface area contributed by atoms with Crippen LogP contribution in [0.3, 0.4) is 0 Å². The molecule has 1 atom stereocenters. The molecule has 152 valence electrons. The summed E-state index contributed by atoms with van der Waals surface area (Å²) >= 11 is 0. The van der Waals surface area contributed by atoms with Crippen LogP contribution in [0.4, 0.5) is 0 Å². The van der Waals surface area contributed by atoms with Gasteiger partial charge in [-0.3, -0.25) is 9.59 Å². The fourth-order valence-corrected chi connectivity index (χ4v) is 3.73. The summed E-state index contributed by atoms with van der Waals surface area (Å²) in [5.74, 6) is -0.0994. The maximum absolute atomic E-state index is 12.9. The number of carbonyl (C=O) groups is 2. The maximum Gasteiger partial charge on any atom is 0.312 e. The zero-order chi connectivity index (χ0) is 21.3. The van der Waals surface area contributed by atoms with Gasteiger partial charge >= 0.3 is 5.97 Å². The second-order valence-corrected chi connectivity index (χ2v) is 6.91. The Morgan fingerprint density at radius 1 is 1.00 bits per heavy atom. The average molecular weight is 404 g/mol. The van der Waals surface area contributed by atoms with Gasteiger partial charge in [0.2, 0.25) is 0 Å². The predicted octanol–water partition coefficient (Wildman–Crippen LogP) is 4.08. The molecule has 0 aromatic heterocycles. The van der Waals surface area contributed by atoms with E-state index >= 15 is 0 Å². The van der Waals surface area contributed by atoms with Crippen LogP contribution in [0.5, 0.6) is 23.0 Å². The molecule has 6 nitrogen and oxygen atoms in total. The van der Waals surface area contributed by atoms with Crippen molar-refractivity contribution in [3.63, 3.8) is 0 Å². The van der Waals surface area contributed by atoms with E-state index in [1.807, 2.05) is 6.07 Å². The van der Waals surface area contributed by atoms with Gasteiger partial charge in [-0.2, -0.15) is 0 Å². The molecule has 0 saturated heterocycles. The van der Waals surface area contributed by atoms with Gasteiger partial charge in [-0.05, 0) is 29.8 Å². The number of ether oxygens (including phenoxy) is 3. The van der Waals surface area contributed by atoms with Crippen molar-refractivity contribution < 1.29 is 28.9 Å². The first-order chi connectivity index (χ1) is 14.5. The summed E-state index contributed by atoms with van der Waals surface area (Å²) in [7, 11) is 3.07. The number of esters is 1. The number of phenolic OH excluding ortho intramolecular Hbond substituents is 1. The molecule has 1 aliphatic heterocycles. The highest BCUT2D eigenvalue weighted by Gasteiger charge is 2.33. The molecule has 30 heavy (non-hydrogen) atoms. The molecule has 3 aromatic rings. The Labute approximate surface area is 173 Å². The van der Waals surface area contributed by atoms with E-state index in [9.17, 15) is 14.7 Å². The molecule has 0 amide bonds. The third kappa shape index (κ3) is 3.37. The normalized spacial score (nSPS) is 15.1. The molecule has 0 aliphatic carbocycles. The van der Waals surface area contributed by atoms with Crippen molar-refractivity contribution in [2.75, 3.05) is 14.2 Å². The molecule has 0 saturated carbocycles. The Bertz CT molecular complexity index is 1120. The fraction of sp³-hybridized carbons (Fsp3) is 0.167. The molecule has 0 unspecified atom stereocenters. The summed E-state index contributed by atoms with van der Waals surface area (Å²) in [6.45, 7) is 0. The van der Waals surface area contributed by atoms with Gasteiger partial charge in [-0.25, -0.2) is 0 Å². The SMILES string of the molecule is COc1ccc([C@H]2CC(=O)Oc3ccc(C(=O)c4ccccc4)c(O)c32)cc1OC. The van der Waals surface area contributed by atoms with E-state index in [-0.39, 0.29) is 29.3 Å². The highest BCUT2D eigenvalue weighted by molar-refractivity contribution is 6.11. The quantitative estimate of drug-likeness (QED) is 0.392. The van der Waals surface area contributed by atoms with Crippen LogP contribution in [-0.4, -0.2) is 31.1 Å². The Hall–Kier alpha value is -3.80. The number of hydrogen-bond acceptors (Lipinski definition) is 6. The largest absolute Gasteiger partial charge is 0.507 e. The van der Waals surface area contributed by atoms with E-state index in [2.05, 4.69) is 0 Å². The molecule has 1 aliphatic rings. The number of fused-ring (bicyclic) bond motifs is 1. The Morgan fingerprint density at radius 3 is 2.43 bits per heavy atom. The topological polar surface area (TPSA) is 82.1 Å². The molecule has 0 radical (unpaired) electrons. The van der Waals surface area contributed by atoms with E-state index in [1.165, 1.54) is 20.3 Å². The van der Waals surface area contributed by atoms with E-state index in [4.69, 9.17) is 14.2 Å². The van der Waals surface area contributed by atoms with Crippen molar-refractivity contribution in [2.24, 2.45) is 0 Å². The van der Waals surface area contributed by atoms with Crippen LogP contribution < -0.4 is 14.2 Å². The van der Waals surface area contributed by atoms with E-state index in [1.54, 1.807) is 48.5 Å². The van der Waals surface area contributed by atoms with E-state index in [0.717, 1.165) is 5.56 Å². The second-order valence-electron chi connectivity index (χ2n) is 6.91. The lowest BCUT2D eigenvalue weighted by molar-refractivity contribution is -0.135. The Kier molecular flexibility index (Phi) is 5.14. The van der Waals surface area contributed by atoms with Crippen LogP contribution in [0.15, 0.2) is 60.7 Å². The highest BCUT2D eigenvalue weighted by Crippen LogP contribution is 2.46. The highest BCUT2D eigenvalue weighted by atomic mass is 16.5. The van der Waals surface area contributed by atoms with Gasteiger partial charge in [-0.15, -0.1) is 0 Å². The van der Waals surface area contributed by atoms with Crippen LogP contribution in [0.1, 0.15) is 39.4 Å². The number of methoxy groups -OCH3 is 2. The minimum atomic E-state index is -0.496. The minimum absolute atomic E-state index is 0.0268. The van der Waals surface area contributed by atoms with E-state index < -0.39 is 11.9 Å². The first kappa shape index (κ1) is 19.5. The Morgan fingerprint density at radius 2 is 1.73 bits per heavy atom. The predicted molar refractivity (Wildman–Crippen MR) is 110 cm³/mol. The van der Waals surface area contributed by atoms with Crippen LogP contribution in [0.25, 0.3) is 0 Å². The molecule has 0 bridgehead atoms. The molecule has 0 spiro atoms. The monoisotopic (exact) mass is 404 g/mol. The van der Waals surface area contributed by atoms with Gasteiger partial charge in [0.15, 0.2) is 17.3 Å². The van der Waals surface area contributed by atoms with Crippen molar-refractivity contribution in [3.8, 4) is 23.0 Å². The second kappa shape index (κ2) is 7.91. The third-order valence-corrected chi connectivity index (χ3v) is 5.21. The lowest BCUT2D eigenvalue weighted by atomic mass is 9.84. The number of aromatic hydroxyl groups is 1. The molecule has 6 heteroatoms. The van der Waals surface area contributed by atoms with E-state index in [0.29, 0.717) is 22.6 Å². The van der Waals surface area contributed by atoms with Gasteiger partial charge in [0.05, 0.1) is 26.2 Å². The van der Waals surface area contributed by atoms with Crippen molar-refractivity contribution in [3.05, 3.63) is 82.9 Å².